The first-order valence-electron chi connectivity index (χ1n) is 21.3. The van der Waals surface area contributed by atoms with E-state index in [2.05, 4.69) is 17.0 Å². The summed E-state index contributed by atoms with van der Waals surface area (Å²) in [6.07, 6.45) is 14.5. The fourth-order valence-corrected chi connectivity index (χ4v) is 10.2. The predicted molar refractivity (Wildman–Crippen MR) is 214 cm³/mol. The minimum Gasteiger partial charge on any atom is -0.471 e. The number of rotatable bonds is 10. The number of ether oxygens (including phenoxy) is 2. The Labute approximate surface area is 336 Å². The number of nitrogens with one attached hydrogen (secondary N) is 2. The molecule has 310 valence electrons. The maximum atomic E-state index is 14.6. The fourth-order valence-electron chi connectivity index (χ4n) is 8.88. The summed E-state index contributed by atoms with van der Waals surface area (Å²) in [5.74, 6) is -2.63. The van der Waals surface area contributed by atoms with Gasteiger partial charge in [-0.2, -0.15) is 0 Å². The fraction of sp³-hybridized carbons (Fsp3) is 0.674. The van der Waals surface area contributed by atoms with E-state index in [1.54, 1.807) is 6.92 Å². The number of amides is 3. The van der Waals surface area contributed by atoms with E-state index in [1.807, 2.05) is 43.3 Å². The third-order valence-corrected chi connectivity index (χ3v) is 15.2. The van der Waals surface area contributed by atoms with Crippen LogP contribution in [0.4, 0.5) is 0 Å². The molecule has 14 heteroatoms. The summed E-state index contributed by atoms with van der Waals surface area (Å²) in [6, 6.07) is 6.54. The molecule has 2 N–H and O–H groups in total. The number of para-hydroxylation sites is 2. The molecule has 3 amide bonds. The van der Waals surface area contributed by atoms with Crippen molar-refractivity contribution in [1.82, 2.24) is 24.9 Å². The lowest BCUT2D eigenvalue weighted by Crippen LogP contribution is -2.57. The summed E-state index contributed by atoms with van der Waals surface area (Å²) in [7, 11) is -3.98. The van der Waals surface area contributed by atoms with Crippen molar-refractivity contribution in [2.24, 2.45) is 17.8 Å². The molecule has 5 aliphatic rings. The molecular formula is C43H59N5O8S. The molecule has 2 aliphatic heterocycles. The minimum atomic E-state index is -3.98. The molecule has 2 bridgehead atoms. The zero-order valence-electron chi connectivity index (χ0n) is 33.7. The number of fused-ring (bicyclic) bond motifs is 5. The molecule has 0 radical (unpaired) electrons. The molecule has 1 aromatic heterocycles. The van der Waals surface area contributed by atoms with Crippen molar-refractivity contribution in [3.8, 4) is 5.88 Å². The van der Waals surface area contributed by atoms with Crippen LogP contribution in [0.3, 0.4) is 0 Å². The van der Waals surface area contributed by atoms with Gasteiger partial charge in [0.25, 0.3) is 5.91 Å². The second-order valence-corrected chi connectivity index (χ2v) is 19.5. The van der Waals surface area contributed by atoms with Crippen LogP contribution in [-0.4, -0.2) is 82.1 Å². The Hall–Kier alpha value is -4.07. The van der Waals surface area contributed by atoms with Gasteiger partial charge in [-0.3, -0.25) is 23.9 Å². The van der Waals surface area contributed by atoms with Gasteiger partial charge >= 0.3 is 5.97 Å². The Bertz CT molecular complexity index is 1980. The van der Waals surface area contributed by atoms with E-state index in [1.165, 1.54) is 4.90 Å². The first-order chi connectivity index (χ1) is 27.4. The first kappa shape index (κ1) is 41.1. The zero-order chi connectivity index (χ0) is 40.4. The number of unbranched alkanes of at least 4 members (excludes halogenated alkanes) is 2. The van der Waals surface area contributed by atoms with E-state index >= 15 is 0 Å². The number of carbonyl (C=O) groups is 4. The maximum absolute atomic E-state index is 14.6. The van der Waals surface area contributed by atoms with E-state index in [0.29, 0.717) is 37.1 Å². The molecule has 1 saturated heterocycles. The van der Waals surface area contributed by atoms with Gasteiger partial charge in [-0.1, -0.05) is 63.8 Å². The molecule has 4 fully saturated rings. The number of allylic oxidation sites excluding steroid dienone is 1. The van der Waals surface area contributed by atoms with Crippen molar-refractivity contribution < 1.29 is 37.1 Å². The molecule has 57 heavy (non-hydrogen) atoms. The van der Waals surface area contributed by atoms with E-state index in [0.717, 1.165) is 75.4 Å². The number of carbonyl (C=O) groups excluding carboxylic acids is 4. The van der Waals surface area contributed by atoms with E-state index in [9.17, 15) is 27.6 Å². The van der Waals surface area contributed by atoms with Gasteiger partial charge in [0, 0.05) is 18.3 Å². The average molecular weight is 806 g/mol. The number of benzene rings is 1. The van der Waals surface area contributed by atoms with Crippen LogP contribution in [0.1, 0.15) is 129 Å². The molecule has 0 unspecified atom stereocenters. The normalized spacial score (nSPS) is 30.4. The lowest BCUT2D eigenvalue weighted by atomic mass is 9.96. The van der Waals surface area contributed by atoms with Crippen molar-refractivity contribution >= 4 is 44.7 Å². The SMILES string of the molecule is CCCC/C=C\[C@H]1C[C@]1(NC(=O)[C@@H]1C[C@@H]2CN1C(=O)[C@H](CC)CC(=O)O[C@@H]1CCC[C@H]1CCCCCc1nc3ccccc3nc1O2)C(=O)NS(=O)(=O)C1(C)CC1. The number of aryl methyl sites for hydroxylation is 1. The Morgan fingerprint density at radius 3 is 2.49 bits per heavy atom. The van der Waals surface area contributed by atoms with E-state index in [-0.39, 0.29) is 43.7 Å². The Morgan fingerprint density at radius 1 is 1.00 bits per heavy atom. The van der Waals surface area contributed by atoms with Crippen LogP contribution < -0.4 is 14.8 Å². The topological polar surface area (TPSA) is 174 Å². The van der Waals surface area contributed by atoms with Gasteiger partial charge in [0.05, 0.1) is 28.7 Å². The summed E-state index contributed by atoms with van der Waals surface area (Å²) in [5.41, 5.74) is 0.649. The first-order valence-corrected chi connectivity index (χ1v) is 22.8. The van der Waals surface area contributed by atoms with Crippen LogP contribution in [0.5, 0.6) is 5.88 Å². The van der Waals surface area contributed by atoms with Crippen LogP contribution in [0.2, 0.25) is 0 Å². The summed E-state index contributed by atoms with van der Waals surface area (Å²) in [5, 5.41) is 2.95. The third kappa shape index (κ3) is 9.00. The van der Waals surface area contributed by atoms with Gasteiger partial charge < -0.3 is 19.7 Å². The van der Waals surface area contributed by atoms with E-state index < -0.39 is 62.1 Å². The second-order valence-electron chi connectivity index (χ2n) is 17.3. The van der Waals surface area contributed by atoms with Crippen LogP contribution in [0, 0.1) is 17.8 Å². The maximum Gasteiger partial charge on any atom is 0.306 e. The highest BCUT2D eigenvalue weighted by Gasteiger charge is 2.63. The molecule has 3 aliphatic carbocycles. The summed E-state index contributed by atoms with van der Waals surface area (Å²) < 4.78 is 40.4. The highest BCUT2D eigenvalue weighted by atomic mass is 32.2. The minimum absolute atomic E-state index is 0.0490. The summed E-state index contributed by atoms with van der Waals surface area (Å²) >= 11 is 0. The van der Waals surface area contributed by atoms with Gasteiger partial charge in [0.2, 0.25) is 27.7 Å². The average Bonchev–Trinajstić information content (AvgIpc) is 3.99. The van der Waals surface area contributed by atoms with Gasteiger partial charge in [-0.05, 0) is 95.6 Å². The van der Waals surface area contributed by atoms with Crippen molar-refractivity contribution in [3.05, 3.63) is 42.1 Å². The lowest BCUT2D eigenvalue weighted by Gasteiger charge is -2.29. The molecule has 13 nitrogen and oxygen atoms in total. The van der Waals surface area contributed by atoms with Crippen LogP contribution in [0.15, 0.2) is 36.4 Å². The molecule has 7 rings (SSSR count). The number of sulfonamides is 1. The highest BCUT2D eigenvalue weighted by molar-refractivity contribution is 7.91. The summed E-state index contributed by atoms with van der Waals surface area (Å²) in [4.78, 5) is 67.7. The number of aromatic nitrogens is 2. The van der Waals surface area contributed by atoms with Gasteiger partial charge in [0.1, 0.15) is 29.5 Å². The zero-order valence-corrected chi connectivity index (χ0v) is 34.5. The molecule has 0 spiro atoms. The molecule has 7 atom stereocenters. The monoisotopic (exact) mass is 805 g/mol. The molecule has 3 heterocycles. The predicted octanol–water partition coefficient (Wildman–Crippen LogP) is 5.84. The standard InChI is InChI=1S/C43H59N5O8S/c1-4-6-7-10-17-30-26-43(30,41(52)47-57(53,54)42(3)22-23-42)46-38(50)35-25-31-27-48(35)40(51)28(5-2)24-37(49)56-36-21-14-16-29(36)15-9-8-11-20-34-39(55-31)45-33-19-13-12-18-32(33)44-34/h10,12-13,17-19,28-31,35-36H,4-9,11,14-16,20-27H2,1-3H3,(H,46,50)(H,47,52)/b17-10-/t28-,29-,30+,31-,35+,36-,43-/m1/s1. The third-order valence-electron chi connectivity index (χ3n) is 13.0. The highest BCUT2D eigenvalue weighted by Crippen LogP contribution is 2.47. The largest absolute Gasteiger partial charge is 0.471 e. The van der Waals surface area contributed by atoms with Crippen molar-refractivity contribution in [3.63, 3.8) is 0 Å². The molecule has 2 aromatic rings. The van der Waals surface area contributed by atoms with Crippen LogP contribution >= 0.6 is 0 Å². The van der Waals surface area contributed by atoms with Gasteiger partial charge in [-0.25, -0.2) is 18.4 Å². The number of nitrogens with zero attached hydrogens (tertiary/aromatic N) is 3. The van der Waals surface area contributed by atoms with Gasteiger partial charge in [-0.15, -0.1) is 0 Å². The van der Waals surface area contributed by atoms with Crippen molar-refractivity contribution in [1.29, 1.82) is 0 Å². The van der Waals surface area contributed by atoms with Gasteiger partial charge in [0.15, 0.2) is 0 Å². The number of hydrogen-bond donors (Lipinski definition) is 2. The number of esters is 1. The van der Waals surface area contributed by atoms with Crippen molar-refractivity contribution in [2.75, 3.05) is 6.54 Å². The van der Waals surface area contributed by atoms with Crippen LogP contribution in [0.25, 0.3) is 11.0 Å². The van der Waals surface area contributed by atoms with E-state index in [4.69, 9.17) is 19.4 Å². The Kier molecular flexibility index (Phi) is 12.3. The van der Waals surface area contributed by atoms with Crippen LogP contribution in [-0.2, 0) is 40.4 Å². The number of hydrogen-bond acceptors (Lipinski definition) is 10. The van der Waals surface area contributed by atoms with Crippen molar-refractivity contribution in [2.45, 2.75) is 158 Å². The smallest absolute Gasteiger partial charge is 0.306 e. The lowest BCUT2D eigenvalue weighted by molar-refractivity contribution is -0.155. The quantitative estimate of drug-likeness (QED) is 0.169. The Balaban J connectivity index is 1.19. The second kappa shape index (κ2) is 17.0. The molecule has 1 aromatic carbocycles. The summed E-state index contributed by atoms with van der Waals surface area (Å²) in [6.45, 7) is 5.58. The Morgan fingerprint density at radius 2 is 1.75 bits per heavy atom. The molecular weight excluding hydrogens is 747 g/mol. The molecule has 3 saturated carbocycles.